The second-order valence-corrected chi connectivity index (χ2v) is 4.88. The van der Waals surface area contributed by atoms with Gasteiger partial charge in [-0.1, -0.05) is 6.08 Å². The van der Waals surface area contributed by atoms with E-state index in [0.29, 0.717) is 6.29 Å². The first-order chi connectivity index (χ1) is 7.21. The van der Waals surface area contributed by atoms with E-state index in [0.717, 1.165) is 19.6 Å². The molecule has 2 unspecified atom stereocenters. The van der Waals surface area contributed by atoms with Crippen molar-refractivity contribution in [1.82, 2.24) is 9.80 Å². The Hall–Kier alpha value is -0.420. The van der Waals surface area contributed by atoms with Crippen LogP contribution in [-0.2, 0) is 0 Å². The summed E-state index contributed by atoms with van der Waals surface area (Å²) in [6, 6.07) is 0. The molecule has 15 heavy (non-hydrogen) atoms. The van der Waals surface area contributed by atoms with E-state index in [9.17, 15) is 0 Å². The lowest BCUT2D eigenvalue weighted by Crippen LogP contribution is -2.54. The number of quaternary nitrogens is 1. The Balaban J connectivity index is 2.10. The molecule has 86 valence electrons. The largest absolute Gasteiger partial charge is 0.329 e. The first-order valence-electron chi connectivity index (χ1n) is 5.84. The smallest absolute Gasteiger partial charge is 0.205 e. The molecule has 0 aromatic carbocycles. The van der Waals surface area contributed by atoms with Crippen LogP contribution < -0.4 is 5.73 Å². The maximum Gasteiger partial charge on any atom is 0.205 e. The minimum atomic E-state index is 0.548. The first kappa shape index (κ1) is 11.1. The van der Waals surface area contributed by atoms with Crippen LogP contribution in [0.3, 0.4) is 0 Å². The molecule has 0 aliphatic carbocycles. The average molecular weight is 211 g/mol. The highest BCUT2D eigenvalue weighted by Crippen LogP contribution is 2.29. The molecular weight excluding hydrogens is 188 g/mol. The van der Waals surface area contributed by atoms with Crippen molar-refractivity contribution in [2.24, 2.45) is 5.73 Å². The fourth-order valence-corrected chi connectivity index (χ4v) is 3.05. The van der Waals surface area contributed by atoms with E-state index < -0.39 is 0 Å². The topological polar surface area (TPSA) is 32.5 Å². The van der Waals surface area contributed by atoms with Crippen molar-refractivity contribution in [3.8, 4) is 0 Å². The molecule has 0 saturated carbocycles. The van der Waals surface area contributed by atoms with E-state index in [2.05, 4.69) is 23.4 Å². The molecule has 2 rings (SSSR count). The Bertz CT molecular complexity index is 243. The van der Waals surface area contributed by atoms with E-state index in [4.69, 9.17) is 5.73 Å². The highest BCUT2D eigenvalue weighted by Gasteiger charge is 2.51. The van der Waals surface area contributed by atoms with Gasteiger partial charge in [0, 0.05) is 19.6 Å². The summed E-state index contributed by atoms with van der Waals surface area (Å²) in [5, 5.41) is 0. The number of fused-ring (bicyclic) bond motifs is 1. The first-order valence-corrected chi connectivity index (χ1v) is 5.84. The molecule has 2 atom stereocenters. The molecular formula is C11H23N4+. The third-order valence-electron chi connectivity index (χ3n) is 3.79. The van der Waals surface area contributed by atoms with Gasteiger partial charge in [0.15, 0.2) is 0 Å². The third-order valence-corrected chi connectivity index (χ3v) is 3.79. The molecule has 0 aromatic heterocycles. The molecule has 0 amide bonds. The van der Waals surface area contributed by atoms with Gasteiger partial charge in [-0.2, -0.15) is 0 Å². The fourth-order valence-electron chi connectivity index (χ4n) is 3.05. The second-order valence-electron chi connectivity index (χ2n) is 4.88. The molecule has 0 aromatic rings. The molecule has 2 heterocycles. The van der Waals surface area contributed by atoms with Crippen molar-refractivity contribution in [3.63, 3.8) is 0 Å². The molecule has 0 radical (unpaired) electrons. The number of hydrogen-bond acceptors (Lipinski definition) is 3. The van der Waals surface area contributed by atoms with Gasteiger partial charge in [-0.3, -0.25) is 4.48 Å². The lowest BCUT2D eigenvalue weighted by molar-refractivity contribution is -0.919. The second kappa shape index (κ2) is 4.22. The zero-order valence-corrected chi connectivity index (χ0v) is 9.73. The minimum absolute atomic E-state index is 0.548. The summed E-state index contributed by atoms with van der Waals surface area (Å²) in [7, 11) is 2.37. The standard InChI is InChI=1S/C11H23N4/c1-3-5-13-7-9-15(2)10-8-14(6-4-12)11(13)15/h3,11H,1,4-10,12H2,2H3/q+1. The third kappa shape index (κ3) is 1.83. The van der Waals surface area contributed by atoms with Crippen molar-refractivity contribution in [1.29, 1.82) is 0 Å². The molecule has 2 aliphatic heterocycles. The highest BCUT2D eigenvalue weighted by molar-refractivity contribution is 4.83. The van der Waals surface area contributed by atoms with E-state index in [1.807, 2.05) is 6.08 Å². The van der Waals surface area contributed by atoms with Crippen LogP contribution in [0.25, 0.3) is 0 Å². The molecule has 0 bridgehead atoms. The Morgan fingerprint density at radius 1 is 1.40 bits per heavy atom. The van der Waals surface area contributed by atoms with Gasteiger partial charge in [0.1, 0.15) is 0 Å². The van der Waals surface area contributed by atoms with Crippen LogP contribution in [0, 0.1) is 0 Å². The summed E-state index contributed by atoms with van der Waals surface area (Å²) >= 11 is 0. The van der Waals surface area contributed by atoms with Gasteiger partial charge in [0.2, 0.25) is 6.29 Å². The lowest BCUT2D eigenvalue weighted by atomic mass is 10.4. The summed E-state index contributed by atoms with van der Waals surface area (Å²) in [5.74, 6) is 0. The van der Waals surface area contributed by atoms with Crippen LogP contribution in [0.4, 0.5) is 0 Å². The van der Waals surface area contributed by atoms with Gasteiger partial charge >= 0.3 is 0 Å². The fraction of sp³-hybridized carbons (Fsp3) is 0.818. The van der Waals surface area contributed by atoms with Crippen LogP contribution >= 0.6 is 0 Å². The zero-order chi connectivity index (χ0) is 10.9. The summed E-state index contributed by atoms with van der Waals surface area (Å²) in [5.41, 5.74) is 5.67. The van der Waals surface area contributed by atoms with E-state index in [1.54, 1.807) is 0 Å². The Morgan fingerprint density at radius 3 is 2.67 bits per heavy atom. The Morgan fingerprint density at radius 2 is 2.07 bits per heavy atom. The van der Waals surface area contributed by atoms with Crippen LogP contribution in [0.1, 0.15) is 0 Å². The monoisotopic (exact) mass is 211 g/mol. The Labute approximate surface area is 92.5 Å². The maximum atomic E-state index is 5.67. The summed E-state index contributed by atoms with van der Waals surface area (Å²) in [6.07, 6.45) is 2.56. The molecule has 2 saturated heterocycles. The van der Waals surface area contributed by atoms with Crippen LogP contribution in [0.15, 0.2) is 12.7 Å². The molecule has 4 heteroatoms. The van der Waals surface area contributed by atoms with Crippen molar-refractivity contribution >= 4 is 0 Å². The molecule has 2 N–H and O–H groups in total. The quantitative estimate of drug-likeness (QED) is 0.502. The van der Waals surface area contributed by atoms with E-state index in [-0.39, 0.29) is 0 Å². The maximum absolute atomic E-state index is 5.67. The van der Waals surface area contributed by atoms with Crippen LogP contribution in [0.5, 0.6) is 0 Å². The van der Waals surface area contributed by atoms with E-state index >= 15 is 0 Å². The van der Waals surface area contributed by atoms with Crippen molar-refractivity contribution in [3.05, 3.63) is 12.7 Å². The number of nitrogens with zero attached hydrogens (tertiary/aromatic N) is 3. The summed E-state index contributed by atoms with van der Waals surface area (Å²) in [6.45, 7) is 11.5. The van der Waals surface area contributed by atoms with Gasteiger partial charge in [0.25, 0.3) is 0 Å². The number of likely N-dealkylation sites (N-methyl/N-ethyl adjacent to an activating group) is 1. The minimum Gasteiger partial charge on any atom is -0.329 e. The SMILES string of the molecule is C=CCN1CC[N+]2(C)CCN(CCN)C12. The predicted molar refractivity (Wildman–Crippen MR) is 62.1 cm³/mol. The predicted octanol–water partition coefficient (Wildman–Crippen LogP) is -0.507. The van der Waals surface area contributed by atoms with Gasteiger partial charge in [-0.25, -0.2) is 9.80 Å². The number of hydrogen-bond donors (Lipinski definition) is 1. The normalized spacial score (nSPS) is 37.1. The van der Waals surface area contributed by atoms with Gasteiger partial charge < -0.3 is 5.73 Å². The van der Waals surface area contributed by atoms with Gasteiger partial charge in [-0.05, 0) is 0 Å². The van der Waals surface area contributed by atoms with Crippen molar-refractivity contribution < 1.29 is 4.48 Å². The number of rotatable bonds is 4. The average Bonchev–Trinajstić information content (AvgIpc) is 2.68. The highest BCUT2D eigenvalue weighted by atomic mass is 15.7. The van der Waals surface area contributed by atoms with Crippen LogP contribution in [0.2, 0.25) is 0 Å². The zero-order valence-electron chi connectivity index (χ0n) is 9.73. The Kier molecular flexibility index (Phi) is 3.11. The molecule has 2 fully saturated rings. The van der Waals surface area contributed by atoms with Gasteiger partial charge in [0.05, 0.1) is 33.2 Å². The van der Waals surface area contributed by atoms with Crippen molar-refractivity contribution in [2.75, 3.05) is 52.9 Å². The molecule has 0 spiro atoms. The number of nitrogens with two attached hydrogens (primary N) is 1. The van der Waals surface area contributed by atoms with E-state index in [1.165, 1.54) is 30.7 Å². The lowest BCUT2D eigenvalue weighted by Gasteiger charge is -2.34. The molecule has 4 nitrogen and oxygen atoms in total. The van der Waals surface area contributed by atoms with Gasteiger partial charge in [-0.15, -0.1) is 6.58 Å². The summed E-state index contributed by atoms with van der Waals surface area (Å²) < 4.78 is 1.17. The van der Waals surface area contributed by atoms with Crippen LogP contribution in [-0.4, -0.2) is 73.4 Å². The van der Waals surface area contributed by atoms with Crippen molar-refractivity contribution in [2.45, 2.75) is 6.29 Å². The summed E-state index contributed by atoms with van der Waals surface area (Å²) in [4.78, 5) is 5.05. The molecule has 2 aliphatic rings.